The van der Waals surface area contributed by atoms with Gasteiger partial charge in [0.05, 0.1) is 17.8 Å². The van der Waals surface area contributed by atoms with E-state index in [0.29, 0.717) is 24.5 Å². The Bertz CT molecular complexity index is 682. The Hall–Kier alpha value is -1.86. The van der Waals surface area contributed by atoms with Gasteiger partial charge in [-0.2, -0.15) is 0 Å². The van der Waals surface area contributed by atoms with Gasteiger partial charge in [0.1, 0.15) is 16.6 Å². The first kappa shape index (κ1) is 14.1. The number of halogens is 2. The van der Waals surface area contributed by atoms with Crippen LogP contribution in [0.1, 0.15) is 10.6 Å². The molecule has 21 heavy (non-hydrogen) atoms. The summed E-state index contributed by atoms with van der Waals surface area (Å²) in [5, 5.41) is 9.13. The molecule has 110 valence electrons. The number of carboxylic acid groups (broad SMARTS) is 1. The number of rotatable bonds is 3. The first-order chi connectivity index (χ1) is 10.0. The maximum absolute atomic E-state index is 13.8. The minimum absolute atomic E-state index is 0.0409. The third-order valence-electron chi connectivity index (χ3n) is 3.35. The van der Waals surface area contributed by atoms with Crippen molar-refractivity contribution in [2.24, 2.45) is 0 Å². The van der Waals surface area contributed by atoms with E-state index in [0.717, 1.165) is 10.6 Å². The highest BCUT2D eigenvalue weighted by molar-refractivity contribution is 7.15. The van der Waals surface area contributed by atoms with E-state index in [9.17, 15) is 13.6 Å². The predicted octanol–water partition coefficient (Wildman–Crippen LogP) is 2.53. The zero-order valence-corrected chi connectivity index (χ0v) is 11.8. The van der Waals surface area contributed by atoms with Crippen LogP contribution in [0.3, 0.4) is 0 Å². The van der Waals surface area contributed by atoms with Gasteiger partial charge in [-0.15, -0.1) is 11.3 Å². The van der Waals surface area contributed by atoms with Crippen LogP contribution in [-0.4, -0.2) is 34.0 Å². The Morgan fingerprint density at radius 3 is 2.76 bits per heavy atom. The average molecular weight is 310 g/mol. The molecule has 0 saturated heterocycles. The molecule has 1 N–H and O–H groups in total. The highest BCUT2D eigenvalue weighted by Crippen LogP contribution is 2.34. The quantitative estimate of drug-likeness (QED) is 0.946. The Labute approximate surface area is 123 Å². The van der Waals surface area contributed by atoms with E-state index >= 15 is 0 Å². The van der Waals surface area contributed by atoms with E-state index in [1.54, 1.807) is 4.90 Å². The number of nitrogens with zero attached hydrogens (tertiary/aromatic N) is 2. The number of aromatic nitrogens is 1. The highest BCUT2D eigenvalue weighted by atomic mass is 32.1. The second kappa shape index (κ2) is 5.50. The minimum Gasteiger partial charge on any atom is -0.480 e. The van der Waals surface area contributed by atoms with Gasteiger partial charge in [-0.3, -0.25) is 9.69 Å². The van der Waals surface area contributed by atoms with Gasteiger partial charge in [-0.25, -0.2) is 13.8 Å². The number of thiazole rings is 1. The largest absolute Gasteiger partial charge is 0.480 e. The fraction of sp³-hybridized carbons (Fsp3) is 0.286. The Morgan fingerprint density at radius 2 is 2.10 bits per heavy atom. The second-order valence-electron chi connectivity index (χ2n) is 4.84. The summed E-state index contributed by atoms with van der Waals surface area (Å²) in [4.78, 5) is 17.7. The van der Waals surface area contributed by atoms with Crippen LogP contribution in [0.2, 0.25) is 0 Å². The van der Waals surface area contributed by atoms with Crippen LogP contribution in [0.15, 0.2) is 18.2 Å². The summed E-state index contributed by atoms with van der Waals surface area (Å²) in [7, 11) is 0. The number of carbonyl (C=O) groups is 1. The van der Waals surface area contributed by atoms with Crippen molar-refractivity contribution in [2.45, 2.75) is 13.0 Å². The fourth-order valence-corrected chi connectivity index (χ4v) is 3.58. The standard InChI is InChI=1S/C14H12F2N2O2S/c15-8-2-1-3-9(16)13(8)14-17-10-4-5-18(7-12(19)20)6-11(10)21-14/h1-3H,4-7H2,(H,19,20). The van der Waals surface area contributed by atoms with Gasteiger partial charge in [0.15, 0.2) is 0 Å². The van der Waals surface area contributed by atoms with Crippen LogP contribution in [-0.2, 0) is 17.8 Å². The van der Waals surface area contributed by atoms with Crippen molar-refractivity contribution in [1.29, 1.82) is 0 Å². The maximum atomic E-state index is 13.8. The number of benzene rings is 1. The van der Waals surface area contributed by atoms with Gasteiger partial charge >= 0.3 is 5.97 Å². The van der Waals surface area contributed by atoms with Crippen molar-refractivity contribution in [1.82, 2.24) is 9.88 Å². The minimum atomic E-state index is -0.886. The van der Waals surface area contributed by atoms with Gasteiger partial charge in [0.2, 0.25) is 0 Å². The second-order valence-corrected chi connectivity index (χ2v) is 5.92. The van der Waals surface area contributed by atoms with Gasteiger partial charge in [-0.05, 0) is 12.1 Å². The molecular weight excluding hydrogens is 298 g/mol. The lowest BCUT2D eigenvalue weighted by Crippen LogP contribution is -2.34. The molecule has 3 rings (SSSR count). The fourth-order valence-electron chi connectivity index (χ4n) is 2.38. The lowest BCUT2D eigenvalue weighted by atomic mass is 10.1. The van der Waals surface area contributed by atoms with Crippen LogP contribution < -0.4 is 0 Å². The molecule has 1 aromatic heterocycles. The van der Waals surface area contributed by atoms with Crippen LogP contribution in [0.5, 0.6) is 0 Å². The zero-order valence-electron chi connectivity index (χ0n) is 11.0. The molecular formula is C14H12F2N2O2S. The van der Waals surface area contributed by atoms with E-state index in [1.165, 1.54) is 29.5 Å². The molecule has 0 atom stereocenters. The molecule has 1 aromatic carbocycles. The summed E-state index contributed by atoms with van der Waals surface area (Å²) < 4.78 is 27.6. The summed E-state index contributed by atoms with van der Waals surface area (Å²) >= 11 is 1.22. The third-order valence-corrected chi connectivity index (χ3v) is 4.45. The van der Waals surface area contributed by atoms with Crippen molar-refractivity contribution in [2.75, 3.05) is 13.1 Å². The lowest BCUT2D eigenvalue weighted by Gasteiger charge is -2.23. The van der Waals surface area contributed by atoms with Gasteiger partial charge in [0.25, 0.3) is 0 Å². The molecule has 0 radical (unpaired) electrons. The summed E-state index contributed by atoms with van der Waals surface area (Å²) in [6.07, 6.45) is 0.592. The van der Waals surface area contributed by atoms with Crippen molar-refractivity contribution in [3.63, 3.8) is 0 Å². The van der Waals surface area contributed by atoms with Crippen molar-refractivity contribution in [3.05, 3.63) is 40.4 Å². The lowest BCUT2D eigenvalue weighted by molar-refractivity contribution is -0.138. The molecule has 0 fully saturated rings. The van der Waals surface area contributed by atoms with Crippen LogP contribution >= 0.6 is 11.3 Å². The Balaban J connectivity index is 1.92. The molecule has 0 bridgehead atoms. The van der Waals surface area contributed by atoms with E-state index in [2.05, 4.69) is 4.98 Å². The highest BCUT2D eigenvalue weighted by Gasteiger charge is 2.24. The smallest absolute Gasteiger partial charge is 0.317 e. The molecule has 0 saturated carbocycles. The molecule has 2 aromatic rings. The van der Waals surface area contributed by atoms with E-state index in [-0.39, 0.29) is 12.1 Å². The number of hydrogen-bond donors (Lipinski definition) is 1. The number of aliphatic carboxylic acids is 1. The molecule has 2 heterocycles. The number of carboxylic acids is 1. The SMILES string of the molecule is O=C(O)CN1CCc2nc(-c3c(F)cccc3F)sc2C1. The topological polar surface area (TPSA) is 53.4 Å². The van der Waals surface area contributed by atoms with Crippen LogP contribution in [0.4, 0.5) is 8.78 Å². The average Bonchev–Trinajstić information content (AvgIpc) is 2.80. The Morgan fingerprint density at radius 1 is 1.38 bits per heavy atom. The summed E-state index contributed by atoms with van der Waals surface area (Å²) in [6.45, 7) is 0.998. The normalized spacial score (nSPS) is 15.0. The number of hydrogen-bond acceptors (Lipinski definition) is 4. The van der Waals surface area contributed by atoms with E-state index < -0.39 is 17.6 Å². The molecule has 0 unspecified atom stereocenters. The third kappa shape index (κ3) is 2.79. The Kier molecular flexibility index (Phi) is 3.69. The van der Waals surface area contributed by atoms with Gasteiger partial charge in [-0.1, -0.05) is 6.07 Å². The van der Waals surface area contributed by atoms with Crippen LogP contribution in [0, 0.1) is 11.6 Å². The molecule has 0 amide bonds. The number of fused-ring (bicyclic) bond motifs is 1. The van der Waals surface area contributed by atoms with E-state index in [1.807, 2.05) is 0 Å². The molecule has 1 aliphatic rings. The zero-order chi connectivity index (χ0) is 15.0. The maximum Gasteiger partial charge on any atom is 0.317 e. The van der Waals surface area contributed by atoms with Crippen molar-refractivity contribution >= 4 is 17.3 Å². The van der Waals surface area contributed by atoms with Crippen LogP contribution in [0.25, 0.3) is 10.6 Å². The summed E-state index contributed by atoms with van der Waals surface area (Å²) in [5.74, 6) is -2.16. The molecule has 7 heteroatoms. The van der Waals surface area contributed by atoms with Crippen molar-refractivity contribution < 1.29 is 18.7 Å². The molecule has 0 aliphatic carbocycles. The van der Waals surface area contributed by atoms with Gasteiger partial charge < -0.3 is 5.11 Å². The summed E-state index contributed by atoms with van der Waals surface area (Å²) in [6, 6.07) is 3.72. The van der Waals surface area contributed by atoms with E-state index in [4.69, 9.17) is 5.11 Å². The molecule has 4 nitrogen and oxygen atoms in total. The molecule has 0 spiro atoms. The summed E-state index contributed by atoms with van der Waals surface area (Å²) in [5.41, 5.74) is 0.695. The molecule has 1 aliphatic heterocycles. The predicted molar refractivity (Wildman–Crippen MR) is 74.1 cm³/mol. The van der Waals surface area contributed by atoms with Gasteiger partial charge in [0, 0.05) is 24.4 Å². The monoisotopic (exact) mass is 310 g/mol. The van der Waals surface area contributed by atoms with Crippen molar-refractivity contribution in [3.8, 4) is 10.6 Å². The first-order valence-electron chi connectivity index (χ1n) is 6.41. The first-order valence-corrected chi connectivity index (χ1v) is 7.23.